The van der Waals surface area contributed by atoms with Gasteiger partial charge in [-0.3, -0.25) is 0 Å². The predicted molar refractivity (Wildman–Crippen MR) is 61.2 cm³/mol. The summed E-state index contributed by atoms with van der Waals surface area (Å²) < 4.78 is 1.32. The fraction of sp³-hybridized carbons (Fsp3) is 0.417. The summed E-state index contributed by atoms with van der Waals surface area (Å²) in [6.45, 7) is 2.12. The Kier molecular flexibility index (Phi) is 5.58. The molecule has 0 bridgehead atoms. The Balaban J connectivity index is 2.24. The van der Waals surface area contributed by atoms with Crippen molar-refractivity contribution < 1.29 is 4.79 Å². The van der Waals surface area contributed by atoms with E-state index in [0.29, 0.717) is 20.7 Å². The SMILES string of the molecule is CCCCC(=O)C[Se]c1ccccc1. The van der Waals surface area contributed by atoms with Gasteiger partial charge in [-0.15, -0.1) is 0 Å². The fourth-order valence-corrected chi connectivity index (χ4v) is 2.85. The van der Waals surface area contributed by atoms with E-state index in [1.54, 1.807) is 0 Å². The summed E-state index contributed by atoms with van der Waals surface area (Å²) in [6, 6.07) is 10.3. The molecule has 1 aromatic rings. The van der Waals surface area contributed by atoms with Gasteiger partial charge in [0.2, 0.25) is 0 Å². The van der Waals surface area contributed by atoms with Gasteiger partial charge < -0.3 is 0 Å². The summed E-state index contributed by atoms with van der Waals surface area (Å²) in [5, 5.41) is 0.761. The van der Waals surface area contributed by atoms with Crippen molar-refractivity contribution in [2.24, 2.45) is 0 Å². The minimum atomic E-state index is 0.339. The van der Waals surface area contributed by atoms with E-state index in [1.807, 2.05) is 18.2 Å². The molecule has 0 radical (unpaired) electrons. The quantitative estimate of drug-likeness (QED) is 0.712. The molecule has 0 N–H and O–H groups in total. The molecule has 2 heteroatoms. The number of hydrogen-bond acceptors (Lipinski definition) is 1. The first-order chi connectivity index (χ1) is 6.83. The molecule has 0 unspecified atom stereocenters. The van der Waals surface area contributed by atoms with Gasteiger partial charge >= 0.3 is 91.8 Å². The Labute approximate surface area is 92.1 Å². The first kappa shape index (κ1) is 11.5. The molecule has 1 aromatic carbocycles. The molecular formula is C12H16OSe. The second-order valence-electron chi connectivity index (χ2n) is 3.24. The molecule has 0 atom stereocenters. The van der Waals surface area contributed by atoms with Crippen LogP contribution in [0.5, 0.6) is 0 Å². The summed E-state index contributed by atoms with van der Waals surface area (Å²) in [7, 11) is 0. The molecule has 76 valence electrons. The Morgan fingerprint density at radius 3 is 2.64 bits per heavy atom. The second kappa shape index (κ2) is 6.80. The molecule has 0 heterocycles. The van der Waals surface area contributed by atoms with Crippen molar-refractivity contribution in [2.75, 3.05) is 0 Å². The van der Waals surface area contributed by atoms with Crippen LogP contribution in [0.4, 0.5) is 0 Å². The molecule has 14 heavy (non-hydrogen) atoms. The zero-order valence-electron chi connectivity index (χ0n) is 8.53. The zero-order chi connectivity index (χ0) is 10.2. The Morgan fingerprint density at radius 2 is 2.00 bits per heavy atom. The van der Waals surface area contributed by atoms with Crippen LogP contribution in [0.2, 0.25) is 5.32 Å². The van der Waals surface area contributed by atoms with E-state index in [4.69, 9.17) is 0 Å². The molecule has 0 aliphatic carbocycles. The van der Waals surface area contributed by atoms with E-state index in [9.17, 15) is 4.79 Å². The van der Waals surface area contributed by atoms with Crippen molar-refractivity contribution in [3.8, 4) is 0 Å². The average molecular weight is 255 g/mol. The van der Waals surface area contributed by atoms with Crippen molar-refractivity contribution in [3.05, 3.63) is 30.3 Å². The van der Waals surface area contributed by atoms with Gasteiger partial charge in [-0.1, -0.05) is 0 Å². The van der Waals surface area contributed by atoms with Gasteiger partial charge in [0.15, 0.2) is 0 Å². The molecule has 0 aliphatic heterocycles. The third-order valence-corrected chi connectivity index (χ3v) is 4.20. The number of carbonyl (C=O) groups excluding carboxylic acids is 1. The molecule has 1 nitrogen and oxygen atoms in total. The van der Waals surface area contributed by atoms with E-state index < -0.39 is 0 Å². The van der Waals surface area contributed by atoms with Crippen molar-refractivity contribution in [1.82, 2.24) is 0 Å². The number of rotatable bonds is 6. The van der Waals surface area contributed by atoms with E-state index in [2.05, 4.69) is 19.1 Å². The van der Waals surface area contributed by atoms with E-state index in [1.165, 1.54) is 4.46 Å². The van der Waals surface area contributed by atoms with Crippen LogP contribution in [0, 0.1) is 0 Å². The van der Waals surface area contributed by atoms with Crippen LogP contribution in [0.25, 0.3) is 0 Å². The van der Waals surface area contributed by atoms with E-state index >= 15 is 0 Å². The first-order valence-corrected chi connectivity index (χ1v) is 7.09. The van der Waals surface area contributed by atoms with E-state index in [0.717, 1.165) is 24.6 Å². The molecule has 1 rings (SSSR count). The number of ketones is 1. The standard InChI is InChI=1S/C12H16OSe/c1-2-3-7-11(13)10-14-12-8-5-4-6-9-12/h4-6,8-9H,2-3,7,10H2,1H3. The molecule has 0 amide bonds. The maximum atomic E-state index is 11.4. The topological polar surface area (TPSA) is 17.1 Å². The molecule has 0 aliphatic rings. The zero-order valence-corrected chi connectivity index (χ0v) is 10.2. The number of Topliss-reactive ketones (excluding diaryl/α,β-unsaturated/α-hetero) is 1. The molecule has 0 spiro atoms. The summed E-state index contributed by atoms with van der Waals surface area (Å²) in [4.78, 5) is 11.4. The number of carbonyl (C=O) groups is 1. The van der Waals surface area contributed by atoms with Gasteiger partial charge in [-0.05, 0) is 0 Å². The monoisotopic (exact) mass is 256 g/mol. The van der Waals surface area contributed by atoms with Crippen LogP contribution < -0.4 is 4.46 Å². The second-order valence-corrected chi connectivity index (χ2v) is 5.44. The molecule has 0 saturated heterocycles. The van der Waals surface area contributed by atoms with Gasteiger partial charge in [0.25, 0.3) is 0 Å². The van der Waals surface area contributed by atoms with Crippen molar-refractivity contribution in [1.29, 1.82) is 0 Å². The Hall–Kier alpha value is -0.591. The van der Waals surface area contributed by atoms with Crippen LogP contribution in [-0.2, 0) is 4.79 Å². The van der Waals surface area contributed by atoms with Gasteiger partial charge in [0.1, 0.15) is 0 Å². The fourth-order valence-electron chi connectivity index (χ4n) is 1.13. The molecule has 0 saturated carbocycles. The number of unbranched alkanes of at least 4 members (excludes halogenated alkanes) is 1. The van der Waals surface area contributed by atoms with Crippen LogP contribution in [0.15, 0.2) is 30.3 Å². The average Bonchev–Trinajstić information content (AvgIpc) is 2.25. The van der Waals surface area contributed by atoms with Gasteiger partial charge in [-0.2, -0.15) is 0 Å². The van der Waals surface area contributed by atoms with E-state index in [-0.39, 0.29) is 0 Å². The van der Waals surface area contributed by atoms with Gasteiger partial charge in [-0.25, -0.2) is 0 Å². The van der Waals surface area contributed by atoms with Gasteiger partial charge in [0, 0.05) is 0 Å². The van der Waals surface area contributed by atoms with Crippen molar-refractivity contribution in [3.63, 3.8) is 0 Å². The molecule has 0 fully saturated rings. The summed E-state index contributed by atoms with van der Waals surface area (Å²) in [5.74, 6) is 0.427. The van der Waals surface area contributed by atoms with Crippen LogP contribution >= 0.6 is 0 Å². The third-order valence-electron chi connectivity index (χ3n) is 1.95. The van der Waals surface area contributed by atoms with Crippen LogP contribution in [0.3, 0.4) is 0 Å². The van der Waals surface area contributed by atoms with Gasteiger partial charge in [0.05, 0.1) is 0 Å². The van der Waals surface area contributed by atoms with Crippen molar-refractivity contribution in [2.45, 2.75) is 31.5 Å². The Morgan fingerprint density at radius 1 is 1.29 bits per heavy atom. The normalized spacial score (nSPS) is 10.1. The summed E-state index contributed by atoms with van der Waals surface area (Å²) in [6.07, 6.45) is 2.93. The number of benzene rings is 1. The van der Waals surface area contributed by atoms with Crippen molar-refractivity contribution >= 4 is 25.2 Å². The van der Waals surface area contributed by atoms with Crippen LogP contribution in [-0.4, -0.2) is 20.7 Å². The first-order valence-electron chi connectivity index (χ1n) is 5.02. The predicted octanol–water partition coefficient (Wildman–Crippen LogP) is 2.19. The summed E-state index contributed by atoms with van der Waals surface area (Å²) >= 11 is 0.339. The summed E-state index contributed by atoms with van der Waals surface area (Å²) in [5.41, 5.74) is 0. The van der Waals surface area contributed by atoms with Crippen LogP contribution in [0.1, 0.15) is 26.2 Å². The number of hydrogen-bond donors (Lipinski definition) is 0. The minimum absolute atomic E-state index is 0.339. The maximum absolute atomic E-state index is 11.4. The Bertz CT molecular complexity index is 269. The molecule has 0 aromatic heterocycles. The third kappa shape index (κ3) is 4.59. The molecular weight excluding hydrogens is 239 g/mol.